The Hall–Kier alpha value is -2.27. The molecule has 1 amide bonds. The number of likely N-dealkylation sites (tertiary alicyclic amines) is 2. The number of amides is 1. The zero-order chi connectivity index (χ0) is 25.7. The van der Waals surface area contributed by atoms with E-state index in [9.17, 15) is 26.7 Å². The number of ether oxygens (including phenoxy) is 1. The third kappa shape index (κ3) is 7.11. The van der Waals surface area contributed by atoms with E-state index in [1.165, 1.54) is 12.1 Å². The Morgan fingerprint density at radius 3 is 2.29 bits per heavy atom. The smallest absolute Gasteiger partial charge is 0.475 e. The van der Waals surface area contributed by atoms with Crippen LogP contribution in [-0.4, -0.2) is 78.4 Å². The van der Waals surface area contributed by atoms with Crippen molar-refractivity contribution in [3.8, 4) is 0 Å². The first kappa shape index (κ1) is 28.0. The van der Waals surface area contributed by atoms with Crippen LogP contribution in [0, 0.1) is 17.0 Å². The summed E-state index contributed by atoms with van der Waals surface area (Å²) in [6.45, 7) is 7.57. The number of alkyl halides is 3. The van der Waals surface area contributed by atoms with Gasteiger partial charge in [-0.05, 0) is 44.6 Å². The van der Waals surface area contributed by atoms with Gasteiger partial charge in [-0.3, -0.25) is 9.69 Å². The van der Waals surface area contributed by atoms with Crippen LogP contribution in [0.5, 0.6) is 0 Å². The van der Waals surface area contributed by atoms with E-state index < -0.39 is 23.8 Å². The van der Waals surface area contributed by atoms with E-state index in [4.69, 9.17) is 14.6 Å². The Morgan fingerprint density at radius 2 is 1.79 bits per heavy atom. The predicted molar refractivity (Wildman–Crippen MR) is 114 cm³/mol. The summed E-state index contributed by atoms with van der Waals surface area (Å²) in [4.78, 5) is 25.8. The highest BCUT2D eigenvalue weighted by molar-refractivity contribution is 5.79. The van der Waals surface area contributed by atoms with Crippen LogP contribution >= 0.6 is 0 Å². The molecule has 2 aliphatic heterocycles. The number of halogens is 5. The lowest BCUT2D eigenvalue weighted by molar-refractivity contribution is -0.192. The number of methoxy groups -OCH3 is 1. The van der Waals surface area contributed by atoms with E-state index in [-0.39, 0.29) is 23.3 Å². The summed E-state index contributed by atoms with van der Waals surface area (Å²) in [5.41, 5.74) is 0.362. The number of benzene rings is 1. The Bertz CT molecular complexity index is 854. The Kier molecular flexibility index (Phi) is 9.41. The minimum absolute atomic E-state index is 0.0823. The van der Waals surface area contributed by atoms with E-state index in [1.54, 1.807) is 12.0 Å². The van der Waals surface area contributed by atoms with Crippen LogP contribution in [0.2, 0.25) is 0 Å². The molecule has 2 saturated heterocycles. The number of hydrogen-bond acceptors (Lipinski definition) is 4. The van der Waals surface area contributed by atoms with Crippen molar-refractivity contribution in [2.24, 2.45) is 5.41 Å². The second kappa shape index (κ2) is 11.4. The fourth-order valence-electron chi connectivity index (χ4n) is 4.70. The van der Waals surface area contributed by atoms with Crippen LogP contribution in [0.1, 0.15) is 38.7 Å². The van der Waals surface area contributed by atoms with Gasteiger partial charge in [-0.25, -0.2) is 13.6 Å². The van der Waals surface area contributed by atoms with E-state index in [0.29, 0.717) is 25.2 Å². The summed E-state index contributed by atoms with van der Waals surface area (Å²) in [6.07, 6.45) is -2.16. The summed E-state index contributed by atoms with van der Waals surface area (Å²) in [5, 5.41) is 7.12. The van der Waals surface area contributed by atoms with Crippen molar-refractivity contribution in [1.29, 1.82) is 0 Å². The van der Waals surface area contributed by atoms with E-state index in [1.807, 2.05) is 0 Å². The van der Waals surface area contributed by atoms with Gasteiger partial charge in [0, 0.05) is 44.4 Å². The molecule has 1 N–H and O–H groups in total. The second-order valence-corrected chi connectivity index (χ2v) is 9.15. The van der Waals surface area contributed by atoms with Gasteiger partial charge in [0.05, 0.1) is 13.0 Å². The molecular weight excluding hydrogens is 463 g/mol. The van der Waals surface area contributed by atoms with Crippen molar-refractivity contribution in [2.75, 3.05) is 33.4 Å². The number of carbonyl (C=O) groups excluding carboxylic acids is 1. The average molecular weight is 495 g/mol. The molecule has 1 aromatic carbocycles. The molecule has 6 nitrogen and oxygen atoms in total. The monoisotopic (exact) mass is 494 g/mol. The zero-order valence-corrected chi connectivity index (χ0v) is 19.5. The molecule has 34 heavy (non-hydrogen) atoms. The van der Waals surface area contributed by atoms with Crippen LogP contribution < -0.4 is 0 Å². The minimum atomic E-state index is -5.08. The SMILES string of the molecule is COCC1CC2(CCN(C(=O)Cc3cccc(F)c3F)CC2)CN1C(C)C.O=C(O)C(F)(F)F. The second-order valence-electron chi connectivity index (χ2n) is 9.15. The highest BCUT2D eigenvalue weighted by atomic mass is 19.4. The van der Waals surface area contributed by atoms with Gasteiger partial charge in [-0.2, -0.15) is 13.2 Å². The molecule has 2 fully saturated rings. The van der Waals surface area contributed by atoms with E-state index in [2.05, 4.69) is 18.7 Å². The first-order valence-corrected chi connectivity index (χ1v) is 11.0. The van der Waals surface area contributed by atoms with Crippen molar-refractivity contribution in [2.45, 2.75) is 57.8 Å². The van der Waals surface area contributed by atoms with Crippen molar-refractivity contribution in [3.63, 3.8) is 0 Å². The fourth-order valence-corrected chi connectivity index (χ4v) is 4.70. The summed E-state index contributed by atoms with van der Waals surface area (Å²) < 4.78 is 64.4. The molecule has 1 atom stereocenters. The molecule has 0 saturated carbocycles. The lowest BCUT2D eigenvalue weighted by atomic mass is 9.76. The van der Waals surface area contributed by atoms with Crippen LogP contribution in [0.25, 0.3) is 0 Å². The van der Waals surface area contributed by atoms with E-state index in [0.717, 1.165) is 38.5 Å². The number of aliphatic carboxylic acids is 1. The van der Waals surface area contributed by atoms with Gasteiger partial charge in [0.2, 0.25) is 5.91 Å². The number of nitrogens with zero attached hydrogens (tertiary/aromatic N) is 2. The molecule has 2 heterocycles. The summed E-state index contributed by atoms with van der Waals surface area (Å²) in [7, 11) is 1.75. The molecule has 1 unspecified atom stereocenters. The maximum absolute atomic E-state index is 13.8. The zero-order valence-electron chi connectivity index (χ0n) is 19.5. The molecule has 11 heteroatoms. The quantitative estimate of drug-likeness (QED) is 0.630. The van der Waals surface area contributed by atoms with Gasteiger partial charge in [-0.1, -0.05) is 12.1 Å². The van der Waals surface area contributed by atoms with Crippen molar-refractivity contribution < 1.29 is 41.4 Å². The number of rotatable bonds is 5. The normalized spacial score (nSPS) is 20.4. The van der Waals surface area contributed by atoms with Crippen molar-refractivity contribution in [3.05, 3.63) is 35.4 Å². The molecule has 0 radical (unpaired) electrons. The average Bonchev–Trinajstić information content (AvgIpc) is 3.10. The van der Waals surface area contributed by atoms with Crippen LogP contribution in [0.3, 0.4) is 0 Å². The number of piperidine rings is 1. The first-order valence-electron chi connectivity index (χ1n) is 11.0. The highest BCUT2D eigenvalue weighted by Crippen LogP contribution is 2.44. The summed E-state index contributed by atoms with van der Waals surface area (Å²) in [6, 6.07) is 4.90. The van der Waals surface area contributed by atoms with Gasteiger partial charge < -0.3 is 14.7 Å². The molecule has 192 valence electrons. The van der Waals surface area contributed by atoms with Crippen LogP contribution in [-0.2, 0) is 20.7 Å². The van der Waals surface area contributed by atoms with Crippen LogP contribution in [0.15, 0.2) is 18.2 Å². The molecule has 0 bridgehead atoms. The number of carbonyl (C=O) groups is 2. The lowest BCUT2D eigenvalue weighted by Crippen LogP contribution is -2.45. The van der Waals surface area contributed by atoms with Gasteiger partial charge >= 0.3 is 12.1 Å². The Labute approximate surface area is 195 Å². The third-order valence-corrected chi connectivity index (χ3v) is 6.47. The summed E-state index contributed by atoms with van der Waals surface area (Å²) in [5.74, 6) is -4.69. The number of carboxylic acid groups (broad SMARTS) is 1. The maximum Gasteiger partial charge on any atom is 0.490 e. The lowest BCUT2D eigenvalue weighted by Gasteiger charge is -2.39. The third-order valence-electron chi connectivity index (χ3n) is 6.47. The Morgan fingerprint density at radius 1 is 1.21 bits per heavy atom. The molecule has 1 spiro atoms. The maximum atomic E-state index is 13.8. The Balaban J connectivity index is 0.000000509. The van der Waals surface area contributed by atoms with Crippen molar-refractivity contribution >= 4 is 11.9 Å². The highest BCUT2D eigenvalue weighted by Gasteiger charge is 2.46. The molecular formula is C23H31F5N2O4. The number of carboxylic acids is 1. The van der Waals surface area contributed by atoms with E-state index >= 15 is 0 Å². The molecule has 2 aliphatic rings. The molecule has 0 aliphatic carbocycles. The molecule has 3 rings (SSSR count). The van der Waals surface area contributed by atoms with Crippen molar-refractivity contribution in [1.82, 2.24) is 9.80 Å². The minimum Gasteiger partial charge on any atom is -0.475 e. The van der Waals surface area contributed by atoms with Gasteiger partial charge in [0.1, 0.15) is 0 Å². The fraction of sp³-hybridized carbons (Fsp3) is 0.652. The number of hydrogen-bond donors (Lipinski definition) is 1. The standard InChI is InChI=1S/C21H30F2N2O2.C2HF3O2/c1-15(2)25-14-21(12-17(25)13-27-3)7-9-24(10-8-21)19(26)11-16-5-4-6-18(22)20(16)23;3-2(4,5)1(6)7/h4-6,15,17H,7-14H2,1-3H3;(H,6,7). The molecule has 0 aromatic heterocycles. The topological polar surface area (TPSA) is 70.1 Å². The molecule has 1 aromatic rings. The van der Waals surface area contributed by atoms with Gasteiger partial charge in [-0.15, -0.1) is 0 Å². The van der Waals surface area contributed by atoms with Gasteiger partial charge in [0.25, 0.3) is 0 Å². The predicted octanol–water partition coefficient (Wildman–Crippen LogP) is 3.88. The summed E-state index contributed by atoms with van der Waals surface area (Å²) >= 11 is 0. The van der Waals surface area contributed by atoms with Crippen LogP contribution in [0.4, 0.5) is 22.0 Å². The largest absolute Gasteiger partial charge is 0.490 e. The van der Waals surface area contributed by atoms with Gasteiger partial charge in [0.15, 0.2) is 11.6 Å². The first-order chi connectivity index (χ1) is 15.8.